The summed E-state index contributed by atoms with van der Waals surface area (Å²) in [6.45, 7) is 7.36. The molecule has 0 aromatic carbocycles. The largest absolute Gasteiger partial charge is 0.410 e. The van der Waals surface area contributed by atoms with Crippen LogP contribution in [0.1, 0.15) is 24.5 Å². The number of hydrogen-bond donors (Lipinski definition) is 1. The van der Waals surface area contributed by atoms with Gasteiger partial charge in [-0.05, 0) is 27.7 Å². The number of thioether (sulfide) groups is 1. The predicted molar refractivity (Wildman–Crippen MR) is 71.9 cm³/mol. The van der Waals surface area contributed by atoms with Gasteiger partial charge in [0, 0.05) is 5.75 Å². The third-order valence-electron chi connectivity index (χ3n) is 2.05. The molecule has 0 aliphatic heterocycles. The Morgan fingerprint density at radius 3 is 2.61 bits per heavy atom. The van der Waals surface area contributed by atoms with Crippen molar-refractivity contribution in [3.63, 3.8) is 0 Å². The predicted octanol–water partition coefficient (Wildman–Crippen LogP) is 2.67. The zero-order valence-corrected chi connectivity index (χ0v) is 12.4. The Kier molecular flexibility index (Phi) is 3.74. The molecule has 0 bridgehead atoms. The highest BCUT2D eigenvalue weighted by Crippen LogP contribution is 2.31. The SMILES string of the molecule is Cc1nc(C)c(-c2nnc(SCC(C)(C)O)o2)s1. The first kappa shape index (κ1) is 13.5. The van der Waals surface area contributed by atoms with E-state index in [1.807, 2.05) is 13.8 Å². The smallest absolute Gasteiger partial charge is 0.276 e. The van der Waals surface area contributed by atoms with Crippen LogP contribution < -0.4 is 0 Å². The minimum absolute atomic E-state index is 0.470. The van der Waals surface area contributed by atoms with Gasteiger partial charge in [-0.25, -0.2) is 4.98 Å². The lowest BCUT2D eigenvalue weighted by atomic mass is 10.2. The molecule has 0 atom stereocenters. The Morgan fingerprint density at radius 2 is 2.06 bits per heavy atom. The number of nitrogens with zero attached hydrogens (tertiary/aromatic N) is 3. The van der Waals surface area contributed by atoms with Crippen LogP contribution in [-0.2, 0) is 0 Å². The normalized spacial score (nSPS) is 12.1. The lowest BCUT2D eigenvalue weighted by Gasteiger charge is -2.13. The highest BCUT2D eigenvalue weighted by molar-refractivity contribution is 7.99. The number of rotatable bonds is 4. The maximum absolute atomic E-state index is 9.63. The summed E-state index contributed by atoms with van der Waals surface area (Å²) in [5.74, 6) is 1.01. The fourth-order valence-corrected chi connectivity index (χ4v) is 2.88. The van der Waals surface area contributed by atoms with E-state index in [-0.39, 0.29) is 0 Å². The van der Waals surface area contributed by atoms with Crippen molar-refractivity contribution >= 4 is 23.1 Å². The van der Waals surface area contributed by atoms with Crippen molar-refractivity contribution in [2.75, 3.05) is 5.75 Å². The molecule has 0 aliphatic rings. The lowest BCUT2D eigenvalue weighted by molar-refractivity contribution is 0.106. The fraction of sp³-hybridized carbons (Fsp3) is 0.545. The van der Waals surface area contributed by atoms with Gasteiger partial charge in [0.25, 0.3) is 11.1 Å². The molecule has 98 valence electrons. The monoisotopic (exact) mass is 285 g/mol. The molecule has 7 heteroatoms. The van der Waals surface area contributed by atoms with Crippen LogP contribution in [0.25, 0.3) is 10.8 Å². The van der Waals surface area contributed by atoms with E-state index in [4.69, 9.17) is 4.42 Å². The van der Waals surface area contributed by atoms with Crippen LogP contribution in [0.5, 0.6) is 0 Å². The number of hydrogen-bond acceptors (Lipinski definition) is 7. The molecule has 5 nitrogen and oxygen atoms in total. The first-order chi connectivity index (χ1) is 8.35. The van der Waals surface area contributed by atoms with Crippen molar-refractivity contribution in [3.8, 4) is 10.8 Å². The average molecular weight is 285 g/mol. The van der Waals surface area contributed by atoms with Crippen LogP contribution in [0.4, 0.5) is 0 Å². The first-order valence-electron chi connectivity index (χ1n) is 5.48. The zero-order chi connectivity index (χ0) is 13.3. The van der Waals surface area contributed by atoms with Crippen molar-refractivity contribution in [3.05, 3.63) is 10.7 Å². The van der Waals surface area contributed by atoms with Gasteiger partial charge in [0.1, 0.15) is 4.88 Å². The van der Waals surface area contributed by atoms with Crippen LogP contribution >= 0.6 is 23.1 Å². The van der Waals surface area contributed by atoms with Gasteiger partial charge in [-0.15, -0.1) is 21.5 Å². The molecule has 2 heterocycles. The first-order valence-corrected chi connectivity index (χ1v) is 7.28. The zero-order valence-electron chi connectivity index (χ0n) is 10.7. The minimum Gasteiger partial charge on any atom is -0.410 e. The molecule has 2 aromatic rings. The summed E-state index contributed by atoms with van der Waals surface area (Å²) in [5.41, 5.74) is 0.149. The van der Waals surface area contributed by atoms with E-state index in [1.54, 1.807) is 13.8 Å². The van der Waals surface area contributed by atoms with Crippen molar-refractivity contribution in [1.82, 2.24) is 15.2 Å². The number of aromatic nitrogens is 3. The molecule has 0 fully saturated rings. The summed E-state index contributed by atoms with van der Waals surface area (Å²) in [4.78, 5) is 5.24. The molecule has 0 saturated heterocycles. The Balaban J connectivity index is 2.13. The molecule has 2 rings (SSSR count). The standard InChI is InChI=1S/C11H15N3O2S2/c1-6-8(18-7(2)12-6)9-13-14-10(16-9)17-5-11(3,4)15/h15H,5H2,1-4H3. The highest BCUT2D eigenvalue weighted by Gasteiger charge is 2.18. The molecule has 18 heavy (non-hydrogen) atoms. The third-order valence-corrected chi connectivity index (χ3v) is 4.38. The quantitative estimate of drug-likeness (QED) is 0.871. The molecule has 1 N–H and O–H groups in total. The second-order valence-electron chi connectivity index (χ2n) is 4.62. The second-order valence-corrected chi connectivity index (χ2v) is 6.75. The van der Waals surface area contributed by atoms with Crippen molar-refractivity contribution in [2.45, 2.75) is 38.5 Å². The third kappa shape index (κ3) is 3.30. The van der Waals surface area contributed by atoms with Gasteiger partial charge in [0.15, 0.2) is 0 Å². The van der Waals surface area contributed by atoms with Crippen LogP contribution in [0.15, 0.2) is 9.64 Å². The van der Waals surface area contributed by atoms with Gasteiger partial charge in [0.05, 0.1) is 16.3 Å². The Morgan fingerprint density at radius 1 is 1.33 bits per heavy atom. The van der Waals surface area contributed by atoms with Gasteiger partial charge in [-0.2, -0.15) is 0 Å². The van der Waals surface area contributed by atoms with Gasteiger partial charge in [-0.1, -0.05) is 11.8 Å². The molecular formula is C11H15N3O2S2. The van der Waals surface area contributed by atoms with Gasteiger partial charge in [-0.3, -0.25) is 0 Å². The van der Waals surface area contributed by atoms with E-state index in [1.165, 1.54) is 23.1 Å². The van der Waals surface area contributed by atoms with Gasteiger partial charge < -0.3 is 9.52 Å². The Hall–Kier alpha value is -0.920. The van der Waals surface area contributed by atoms with Crippen LogP contribution in [0.2, 0.25) is 0 Å². The van der Waals surface area contributed by atoms with Gasteiger partial charge in [0.2, 0.25) is 0 Å². The van der Waals surface area contributed by atoms with Crippen molar-refractivity contribution in [1.29, 1.82) is 0 Å². The maximum Gasteiger partial charge on any atom is 0.276 e. The summed E-state index contributed by atoms with van der Waals surface area (Å²) in [5, 5.41) is 19.1. The van der Waals surface area contributed by atoms with E-state index < -0.39 is 5.60 Å². The summed E-state index contributed by atoms with van der Waals surface area (Å²) in [6.07, 6.45) is 0. The summed E-state index contributed by atoms with van der Waals surface area (Å²) in [6, 6.07) is 0. The van der Waals surface area contributed by atoms with Crippen molar-refractivity contribution in [2.24, 2.45) is 0 Å². The molecule has 0 radical (unpaired) electrons. The van der Waals surface area contributed by atoms with Crippen LogP contribution in [-0.4, -0.2) is 31.6 Å². The highest BCUT2D eigenvalue weighted by atomic mass is 32.2. The molecule has 0 saturated carbocycles. The van der Waals surface area contributed by atoms with E-state index >= 15 is 0 Å². The molecule has 0 spiro atoms. The van der Waals surface area contributed by atoms with Crippen LogP contribution in [0, 0.1) is 13.8 Å². The van der Waals surface area contributed by atoms with E-state index in [0.717, 1.165) is 15.6 Å². The Bertz CT molecular complexity index is 543. The molecule has 2 aromatic heterocycles. The lowest BCUT2D eigenvalue weighted by Crippen LogP contribution is -2.21. The molecule has 0 aliphatic carbocycles. The molecule has 0 unspecified atom stereocenters. The summed E-state index contributed by atoms with van der Waals surface area (Å²) < 4.78 is 5.56. The summed E-state index contributed by atoms with van der Waals surface area (Å²) >= 11 is 2.89. The maximum atomic E-state index is 9.63. The number of thiazole rings is 1. The van der Waals surface area contributed by atoms with Crippen LogP contribution in [0.3, 0.4) is 0 Å². The van der Waals surface area contributed by atoms with E-state index in [9.17, 15) is 5.11 Å². The number of aryl methyl sites for hydroxylation is 2. The summed E-state index contributed by atoms with van der Waals surface area (Å²) in [7, 11) is 0. The molecular weight excluding hydrogens is 270 g/mol. The fourth-order valence-electron chi connectivity index (χ4n) is 1.33. The van der Waals surface area contributed by atoms with Gasteiger partial charge >= 0.3 is 0 Å². The minimum atomic E-state index is -0.754. The van der Waals surface area contributed by atoms with E-state index in [0.29, 0.717) is 16.9 Å². The van der Waals surface area contributed by atoms with E-state index in [2.05, 4.69) is 15.2 Å². The molecule has 0 amide bonds. The average Bonchev–Trinajstić information content (AvgIpc) is 2.81. The number of aliphatic hydroxyl groups is 1. The van der Waals surface area contributed by atoms with Crippen molar-refractivity contribution < 1.29 is 9.52 Å². The second kappa shape index (κ2) is 4.99. The topological polar surface area (TPSA) is 72.0 Å². The Labute approximate surface area is 114 Å².